The van der Waals surface area contributed by atoms with Crippen LogP contribution in [0.2, 0.25) is 0 Å². The second kappa shape index (κ2) is 12.1. The second-order valence-corrected chi connectivity index (χ2v) is 12.6. The van der Waals surface area contributed by atoms with Crippen molar-refractivity contribution in [3.05, 3.63) is 81.3 Å². The molecule has 0 bridgehead atoms. The van der Waals surface area contributed by atoms with E-state index in [0.717, 1.165) is 26.8 Å². The summed E-state index contributed by atoms with van der Waals surface area (Å²) < 4.78 is 43.1. The Labute approximate surface area is 240 Å². The summed E-state index contributed by atoms with van der Waals surface area (Å²) >= 11 is 1.00. The predicted molar refractivity (Wildman–Crippen MR) is 158 cm³/mol. The monoisotopic (exact) mass is 600 g/mol. The standard InChI is InChI=1S/C27H29FN6O5S2/c1-16-5-10-24(40-16)41(38,39)32-27(37)31-18-7-9-23(22(28)14-18)34-15-21(25(35)30-11-12-33(3)4)20-13-17(29-2)6-8-19(20)26(34)36/h5-10,13-15,29H,11-12H2,1-4H3,(H,30,35)(H2,31,32,37). The molecule has 0 fully saturated rings. The molecule has 0 saturated heterocycles. The number of rotatable bonds is 9. The number of likely N-dealkylation sites (N-methyl/N-ethyl adjacent to an activating group) is 1. The number of amides is 3. The molecule has 41 heavy (non-hydrogen) atoms. The highest BCUT2D eigenvalue weighted by molar-refractivity contribution is 7.92. The zero-order valence-electron chi connectivity index (χ0n) is 22.7. The number of hydrogen-bond acceptors (Lipinski definition) is 8. The van der Waals surface area contributed by atoms with Gasteiger partial charge < -0.3 is 20.9 Å². The fourth-order valence-electron chi connectivity index (χ4n) is 4.01. The van der Waals surface area contributed by atoms with Crippen LogP contribution in [-0.4, -0.2) is 64.1 Å². The maximum atomic E-state index is 15.4. The minimum absolute atomic E-state index is 0.0363. The second-order valence-electron chi connectivity index (χ2n) is 9.38. The van der Waals surface area contributed by atoms with Gasteiger partial charge in [0.15, 0.2) is 0 Å². The number of aryl methyl sites for hydroxylation is 1. The summed E-state index contributed by atoms with van der Waals surface area (Å²) in [5.74, 6) is -1.32. The van der Waals surface area contributed by atoms with Gasteiger partial charge in [0.2, 0.25) is 0 Å². The lowest BCUT2D eigenvalue weighted by Crippen LogP contribution is -2.34. The van der Waals surface area contributed by atoms with Gasteiger partial charge in [0.25, 0.3) is 21.5 Å². The number of aromatic nitrogens is 1. The van der Waals surface area contributed by atoms with Gasteiger partial charge in [-0.25, -0.2) is 22.3 Å². The molecular weight excluding hydrogens is 571 g/mol. The first-order chi connectivity index (χ1) is 19.4. The molecule has 4 N–H and O–H groups in total. The van der Waals surface area contributed by atoms with Crippen molar-refractivity contribution in [2.24, 2.45) is 0 Å². The van der Waals surface area contributed by atoms with Gasteiger partial charge in [0, 0.05) is 53.4 Å². The minimum atomic E-state index is -4.10. The van der Waals surface area contributed by atoms with Crippen LogP contribution in [0.3, 0.4) is 0 Å². The molecule has 0 saturated carbocycles. The smallest absolute Gasteiger partial charge is 0.333 e. The van der Waals surface area contributed by atoms with E-state index in [1.165, 1.54) is 24.4 Å². The fraction of sp³-hybridized carbons (Fsp3) is 0.222. The number of benzene rings is 2. The molecule has 2 aromatic carbocycles. The van der Waals surface area contributed by atoms with Crippen LogP contribution in [0.1, 0.15) is 15.2 Å². The number of thiophene rings is 1. The van der Waals surface area contributed by atoms with E-state index in [9.17, 15) is 22.8 Å². The molecule has 0 unspecified atom stereocenters. The van der Waals surface area contributed by atoms with Crippen molar-refractivity contribution in [2.45, 2.75) is 11.1 Å². The topological polar surface area (TPSA) is 142 Å². The van der Waals surface area contributed by atoms with Crippen molar-refractivity contribution in [2.75, 3.05) is 44.9 Å². The Hall–Kier alpha value is -4.27. The molecule has 0 radical (unpaired) electrons. The van der Waals surface area contributed by atoms with E-state index in [2.05, 4.69) is 16.0 Å². The van der Waals surface area contributed by atoms with Crippen molar-refractivity contribution in [3.63, 3.8) is 0 Å². The summed E-state index contributed by atoms with van der Waals surface area (Å²) in [6.07, 6.45) is 1.28. The Morgan fingerprint density at radius 1 is 1.02 bits per heavy atom. The molecule has 2 aromatic heterocycles. The zero-order valence-corrected chi connectivity index (χ0v) is 24.4. The first kappa shape index (κ1) is 29.7. The predicted octanol–water partition coefficient (Wildman–Crippen LogP) is 3.34. The molecule has 11 nitrogen and oxygen atoms in total. The molecule has 0 aliphatic heterocycles. The number of hydrogen-bond donors (Lipinski definition) is 4. The number of nitrogens with zero attached hydrogens (tertiary/aromatic N) is 2. The van der Waals surface area contributed by atoms with Gasteiger partial charge >= 0.3 is 6.03 Å². The van der Waals surface area contributed by atoms with E-state index in [1.54, 1.807) is 38.2 Å². The Kier molecular flexibility index (Phi) is 8.75. The Morgan fingerprint density at radius 3 is 2.39 bits per heavy atom. The summed E-state index contributed by atoms with van der Waals surface area (Å²) in [7, 11) is 1.35. The number of carbonyl (C=O) groups is 2. The molecule has 4 rings (SSSR count). The minimum Gasteiger partial charge on any atom is -0.388 e. The summed E-state index contributed by atoms with van der Waals surface area (Å²) in [5, 5.41) is 8.70. The van der Waals surface area contributed by atoms with E-state index < -0.39 is 33.3 Å². The summed E-state index contributed by atoms with van der Waals surface area (Å²) in [5.41, 5.74) is 0.0979. The van der Waals surface area contributed by atoms with E-state index in [1.807, 2.05) is 23.7 Å². The van der Waals surface area contributed by atoms with Crippen LogP contribution < -0.4 is 26.2 Å². The van der Waals surface area contributed by atoms with Crippen molar-refractivity contribution in [3.8, 4) is 5.69 Å². The molecule has 2 heterocycles. The van der Waals surface area contributed by atoms with E-state index in [4.69, 9.17) is 0 Å². The average molecular weight is 601 g/mol. The lowest BCUT2D eigenvalue weighted by Gasteiger charge is -2.16. The van der Waals surface area contributed by atoms with Crippen LogP contribution >= 0.6 is 11.3 Å². The van der Waals surface area contributed by atoms with Gasteiger partial charge in [0.05, 0.1) is 11.3 Å². The van der Waals surface area contributed by atoms with Gasteiger partial charge in [-0.1, -0.05) is 0 Å². The number of halogens is 1. The highest BCUT2D eigenvalue weighted by atomic mass is 32.2. The van der Waals surface area contributed by atoms with Gasteiger partial charge in [0.1, 0.15) is 10.0 Å². The molecule has 0 aliphatic rings. The Morgan fingerprint density at radius 2 is 1.76 bits per heavy atom. The van der Waals surface area contributed by atoms with Crippen molar-refractivity contribution >= 4 is 55.4 Å². The molecule has 3 amide bonds. The Bertz CT molecular complexity index is 1800. The third-order valence-corrected chi connectivity index (χ3v) is 8.89. The molecular formula is C27H29FN6O5S2. The van der Waals surface area contributed by atoms with Crippen LogP contribution in [-0.2, 0) is 10.0 Å². The van der Waals surface area contributed by atoms with Crippen LogP contribution in [0.4, 0.5) is 20.6 Å². The average Bonchev–Trinajstić information content (AvgIpc) is 3.36. The number of nitrogens with one attached hydrogen (secondary N) is 4. The highest BCUT2D eigenvalue weighted by Gasteiger charge is 2.21. The van der Waals surface area contributed by atoms with Gasteiger partial charge in [-0.2, -0.15) is 0 Å². The van der Waals surface area contributed by atoms with Crippen LogP contribution in [0.15, 0.2) is 63.7 Å². The number of pyridine rings is 1. The number of fused-ring (bicyclic) bond motifs is 1. The van der Waals surface area contributed by atoms with Gasteiger partial charge in [-0.3, -0.25) is 14.2 Å². The molecule has 4 aromatic rings. The lowest BCUT2D eigenvalue weighted by atomic mass is 10.1. The number of sulfonamides is 1. The van der Waals surface area contributed by atoms with E-state index in [-0.39, 0.29) is 26.5 Å². The van der Waals surface area contributed by atoms with Gasteiger partial charge in [-0.15, -0.1) is 11.3 Å². The highest BCUT2D eigenvalue weighted by Crippen LogP contribution is 2.24. The lowest BCUT2D eigenvalue weighted by molar-refractivity contribution is 0.0952. The summed E-state index contributed by atoms with van der Waals surface area (Å²) in [6, 6.07) is 10.3. The first-order valence-electron chi connectivity index (χ1n) is 12.4. The molecule has 0 aliphatic carbocycles. The quantitative estimate of drug-likeness (QED) is 0.231. The summed E-state index contributed by atoms with van der Waals surface area (Å²) in [6.45, 7) is 2.68. The van der Waals surface area contributed by atoms with Crippen molar-refractivity contribution in [1.82, 2.24) is 19.5 Å². The van der Waals surface area contributed by atoms with Crippen molar-refractivity contribution < 1.29 is 22.4 Å². The molecule has 14 heteroatoms. The SMILES string of the molecule is CNc1ccc2c(=O)n(-c3ccc(NC(=O)NS(=O)(=O)c4ccc(C)s4)cc3F)cc(C(=O)NCCN(C)C)c2c1. The number of carbonyl (C=O) groups excluding carboxylic acids is 2. The zero-order chi connectivity index (χ0) is 29.9. The largest absolute Gasteiger partial charge is 0.388 e. The van der Waals surface area contributed by atoms with E-state index >= 15 is 4.39 Å². The normalized spacial score (nSPS) is 11.5. The summed E-state index contributed by atoms with van der Waals surface area (Å²) in [4.78, 5) is 41.6. The van der Waals surface area contributed by atoms with Crippen LogP contribution in [0, 0.1) is 12.7 Å². The molecule has 216 valence electrons. The first-order valence-corrected chi connectivity index (χ1v) is 14.7. The maximum absolute atomic E-state index is 15.4. The third kappa shape index (κ3) is 6.73. The van der Waals surface area contributed by atoms with Crippen LogP contribution in [0.25, 0.3) is 16.5 Å². The molecule has 0 spiro atoms. The van der Waals surface area contributed by atoms with Crippen LogP contribution in [0.5, 0.6) is 0 Å². The maximum Gasteiger partial charge on any atom is 0.333 e. The van der Waals surface area contributed by atoms with Gasteiger partial charge in [-0.05, 0) is 69.6 Å². The fourth-order valence-corrected chi connectivity index (χ4v) is 6.20. The van der Waals surface area contributed by atoms with Crippen molar-refractivity contribution in [1.29, 1.82) is 0 Å². The number of urea groups is 1. The number of anilines is 2. The Balaban J connectivity index is 1.66. The third-order valence-electron chi connectivity index (χ3n) is 6.07. The molecule has 0 atom stereocenters. The van der Waals surface area contributed by atoms with E-state index in [0.29, 0.717) is 24.2 Å².